The molecule has 3 heterocycles. The normalized spacial score (nSPS) is 16.0. The molecule has 3 rings (SSSR count). The van der Waals surface area contributed by atoms with Crippen molar-refractivity contribution in [1.82, 2.24) is 30.4 Å². The molecule has 1 aliphatic rings. The van der Waals surface area contributed by atoms with Crippen LogP contribution in [0.2, 0.25) is 0 Å². The van der Waals surface area contributed by atoms with E-state index < -0.39 is 0 Å². The number of likely N-dealkylation sites (N-methyl/N-ethyl adjacent to an activating group) is 1. The molecule has 0 amide bonds. The van der Waals surface area contributed by atoms with Gasteiger partial charge in [0.15, 0.2) is 5.11 Å². The van der Waals surface area contributed by atoms with Crippen molar-refractivity contribution in [1.29, 1.82) is 0 Å². The molecule has 2 aromatic heterocycles. The topological polar surface area (TPSA) is 69.5 Å². The maximum Gasteiger partial charge on any atom is 0.189 e. The summed E-state index contributed by atoms with van der Waals surface area (Å²) in [6.07, 6.45) is 6.81. The van der Waals surface area contributed by atoms with Crippen molar-refractivity contribution in [2.75, 3.05) is 33.2 Å². The standard InChI is InChI=1S/C16H19N7S/c1-22-7-9-23(10-8-22)16(24)21-20-15(13-3-2-5-17-11-13)14-4-6-18-19-12-14/h2-6,11-12H,7-10H2,1H3,(H,21,24). The number of hydrazone groups is 1. The van der Waals surface area contributed by atoms with Crippen LogP contribution in [0.15, 0.2) is 48.1 Å². The largest absolute Gasteiger partial charge is 0.345 e. The predicted molar refractivity (Wildman–Crippen MR) is 96.7 cm³/mol. The number of nitrogens with zero attached hydrogens (tertiary/aromatic N) is 6. The molecule has 1 aliphatic heterocycles. The summed E-state index contributed by atoms with van der Waals surface area (Å²) >= 11 is 5.48. The number of thiocarbonyl (C=S) groups is 1. The summed E-state index contributed by atoms with van der Waals surface area (Å²) in [7, 11) is 2.11. The van der Waals surface area contributed by atoms with E-state index in [1.807, 2.05) is 18.2 Å². The molecule has 0 unspecified atom stereocenters. The molecule has 0 aromatic carbocycles. The Morgan fingerprint density at radius 2 is 1.88 bits per heavy atom. The first-order valence-electron chi connectivity index (χ1n) is 7.72. The molecule has 0 atom stereocenters. The smallest absolute Gasteiger partial charge is 0.189 e. The third-order valence-corrected chi connectivity index (χ3v) is 4.20. The minimum atomic E-state index is 0.631. The second-order valence-corrected chi connectivity index (χ2v) is 5.93. The van der Waals surface area contributed by atoms with E-state index in [4.69, 9.17) is 12.2 Å². The lowest BCUT2D eigenvalue weighted by atomic mass is 10.1. The number of pyridine rings is 1. The van der Waals surface area contributed by atoms with Gasteiger partial charge in [-0.25, -0.2) is 0 Å². The lowest BCUT2D eigenvalue weighted by Crippen LogP contribution is -2.49. The van der Waals surface area contributed by atoms with Crippen LogP contribution in [0.5, 0.6) is 0 Å². The Morgan fingerprint density at radius 3 is 2.54 bits per heavy atom. The van der Waals surface area contributed by atoms with Gasteiger partial charge >= 0.3 is 0 Å². The highest BCUT2D eigenvalue weighted by molar-refractivity contribution is 7.80. The summed E-state index contributed by atoms with van der Waals surface area (Å²) in [6.45, 7) is 3.79. The molecule has 1 saturated heterocycles. The Bertz CT molecular complexity index is 655. The molecule has 1 N–H and O–H groups in total. The van der Waals surface area contributed by atoms with Crippen molar-refractivity contribution in [3.63, 3.8) is 0 Å². The number of hydrogen-bond acceptors (Lipinski definition) is 6. The highest BCUT2D eigenvalue weighted by Crippen LogP contribution is 2.08. The lowest BCUT2D eigenvalue weighted by Gasteiger charge is -2.33. The quantitative estimate of drug-likeness (QED) is 0.502. The third-order valence-electron chi connectivity index (χ3n) is 3.85. The van der Waals surface area contributed by atoms with Gasteiger partial charge in [-0.3, -0.25) is 10.4 Å². The molecule has 124 valence electrons. The average molecular weight is 341 g/mol. The molecule has 0 spiro atoms. The number of piperazine rings is 1. The summed E-state index contributed by atoms with van der Waals surface area (Å²) < 4.78 is 0. The van der Waals surface area contributed by atoms with Crippen LogP contribution in [0.3, 0.4) is 0 Å². The van der Waals surface area contributed by atoms with Crippen molar-refractivity contribution in [2.24, 2.45) is 5.10 Å². The third kappa shape index (κ3) is 4.09. The molecule has 0 saturated carbocycles. The number of rotatable bonds is 3. The summed E-state index contributed by atoms with van der Waals surface area (Å²) in [5.41, 5.74) is 5.49. The zero-order valence-electron chi connectivity index (χ0n) is 13.5. The van der Waals surface area contributed by atoms with Gasteiger partial charge in [0.05, 0.1) is 12.4 Å². The van der Waals surface area contributed by atoms with Gasteiger partial charge in [0.25, 0.3) is 0 Å². The minimum absolute atomic E-state index is 0.631. The van der Waals surface area contributed by atoms with E-state index in [0.717, 1.165) is 43.0 Å². The van der Waals surface area contributed by atoms with E-state index in [9.17, 15) is 0 Å². The van der Waals surface area contributed by atoms with E-state index in [1.165, 1.54) is 0 Å². The lowest BCUT2D eigenvalue weighted by molar-refractivity contribution is 0.214. The van der Waals surface area contributed by atoms with Crippen LogP contribution in [0.1, 0.15) is 11.1 Å². The van der Waals surface area contributed by atoms with E-state index in [-0.39, 0.29) is 0 Å². The van der Waals surface area contributed by atoms with Gasteiger partial charge in [-0.2, -0.15) is 15.3 Å². The van der Waals surface area contributed by atoms with Crippen LogP contribution in [-0.2, 0) is 0 Å². The van der Waals surface area contributed by atoms with Gasteiger partial charge in [0.2, 0.25) is 0 Å². The molecule has 7 nitrogen and oxygen atoms in total. The first-order valence-corrected chi connectivity index (χ1v) is 8.13. The molecule has 0 aliphatic carbocycles. The second kappa shape index (κ2) is 7.89. The zero-order valence-corrected chi connectivity index (χ0v) is 14.3. The molecule has 2 aromatic rings. The number of hydrogen-bond donors (Lipinski definition) is 1. The van der Waals surface area contributed by atoms with Gasteiger partial charge in [0.1, 0.15) is 5.71 Å². The molecular weight excluding hydrogens is 322 g/mol. The SMILES string of the molecule is CN1CCN(C(=S)NN=C(c2cccnc2)c2ccnnc2)CC1. The fourth-order valence-corrected chi connectivity index (χ4v) is 2.64. The Hall–Kier alpha value is -2.45. The van der Waals surface area contributed by atoms with E-state index >= 15 is 0 Å². The first-order chi connectivity index (χ1) is 11.7. The van der Waals surface area contributed by atoms with E-state index in [2.05, 4.69) is 42.6 Å². The minimum Gasteiger partial charge on any atom is -0.345 e. The van der Waals surface area contributed by atoms with Crippen LogP contribution in [0.25, 0.3) is 0 Å². The van der Waals surface area contributed by atoms with Crippen LogP contribution in [-0.4, -0.2) is 69.0 Å². The van der Waals surface area contributed by atoms with E-state index in [1.54, 1.807) is 24.8 Å². The molecular formula is C16H19N7S. The molecule has 8 heteroatoms. The number of aromatic nitrogens is 3. The summed E-state index contributed by atoms with van der Waals surface area (Å²) in [6, 6.07) is 5.69. The van der Waals surface area contributed by atoms with Crippen molar-refractivity contribution < 1.29 is 0 Å². The Balaban J connectivity index is 1.78. The van der Waals surface area contributed by atoms with Gasteiger partial charge in [0, 0.05) is 49.7 Å². The van der Waals surface area contributed by atoms with Crippen molar-refractivity contribution >= 4 is 23.0 Å². The Kier molecular flexibility index (Phi) is 5.39. The predicted octanol–water partition coefficient (Wildman–Crippen LogP) is 0.746. The van der Waals surface area contributed by atoms with Crippen LogP contribution < -0.4 is 5.43 Å². The van der Waals surface area contributed by atoms with Gasteiger partial charge < -0.3 is 9.80 Å². The maximum absolute atomic E-state index is 5.48. The Morgan fingerprint density at radius 1 is 1.08 bits per heavy atom. The first kappa shape index (κ1) is 16.4. The molecule has 1 fully saturated rings. The average Bonchev–Trinajstić information content (AvgIpc) is 2.64. The maximum atomic E-state index is 5.48. The van der Waals surface area contributed by atoms with E-state index in [0.29, 0.717) is 5.11 Å². The van der Waals surface area contributed by atoms with Gasteiger partial charge in [-0.1, -0.05) is 0 Å². The van der Waals surface area contributed by atoms with Crippen LogP contribution in [0, 0.1) is 0 Å². The van der Waals surface area contributed by atoms with Crippen LogP contribution in [0.4, 0.5) is 0 Å². The highest BCUT2D eigenvalue weighted by atomic mass is 32.1. The highest BCUT2D eigenvalue weighted by Gasteiger charge is 2.16. The summed E-state index contributed by atoms with van der Waals surface area (Å²) in [4.78, 5) is 8.58. The van der Waals surface area contributed by atoms with Crippen molar-refractivity contribution in [3.8, 4) is 0 Å². The fraction of sp³-hybridized carbons (Fsp3) is 0.312. The second-order valence-electron chi connectivity index (χ2n) is 5.54. The summed E-state index contributed by atoms with van der Waals surface area (Å²) in [5, 5.41) is 12.9. The van der Waals surface area contributed by atoms with Crippen molar-refractivity contribution in [3.05, 3.63) is 54.1 Å². The van der Waals surface area contributed by atoms with Crippen LogP contribution >= 0.6 is 12.2 Å². The molecule has 0 radical (unpaired) electrons. The van der Waals surface area contributed by atoms with Gasteiger partial charge in [-0.15, -0.1) is 0 Å². The van der Waals surface area contributed by atoms with Crippen molar-refractivity contribution in [2.45, 2.75) is 0 Å². The summed E-state index contributed by atoms with van der Waals surface area (Å²) in [5.74, 6) is 0. The Labute approximate surface area is 146 Å². The molecule has 0 bridgehead atoms. The van der Waals surface area contributed by atoms with Gasteiger partial charge in [-0.05, 0) is 37.5 Å². The monoisotopic (exact) mass is 341 g/mol. The zero-order chi connectivity index (χ0) is 16.8. The number of nitrogens with one attached hydrogen (secondary N) is 1. The molecule has 24 heavy (non-hydrogen) atoms. The fourth-order valence-electron chi connectivity index (χ4n) is 2.41.